The lowest BCUT2D eigenvalue weighted by molar-refractivity contribution is 0.130. The van der Waals surface area contributed by atoms with E-state index >= 15 is 0 Å². The van der Waals surface area contributed by atoms with Crippen LogP contribution in [0.4, 0.5) is 0 Å². The molecule has 1 aromatic rings. The molecular formula is C13H19NO. The van der Waals surface area contributed by atoms with E-state index < -0.39 is 0 Å². The van der Waals surface area contributed by atoms with Gasteiger partial charge in [0.05, 0.1) is 6.10 Å². The van der Waals surface area contributed by atoms with E-state index in [1.807, 2.05) is 30.3 Å². The number of hydrogen-bond donors (Lipinski definition) is 1. The first-order valence-corrected chi connectivity index (χ1v) is 5.70. The molecule has 1 aliphatic heterocycles. The van der Waals surface area contributed by atoms with Gasteiger partial charge >= 0.3 is 0 Å². The zero-order valence-electron chi connectivity index (χ0n) is 9.26. The van der Waals surface area contributed by atoms with Crippen LogP contribution in [-0.4, -0.2) is 29.6 Å². The Labute approximate surface area is 91.5 Å². The summed E-state index contributed by atoms with van der Waals surface area (Å²) in [5.74, 6) is 0. The van der Waals surface area contributed by atoms with Crippen molar-refractivity contribution < 1.29 is 5.11 Å². The smallest absolute Gasteiger partial charge is 0.0805 e. The molecule has 15 heavy (non-hydrogen) atoms. The molecule has 1 aliphatic rings. The minimum atomic E-state index is -0.309. The number of aliphatic hydroxyl groups excluding tert-OH is 1. The Balaban J connectivity index is 1.95. The van der Waals surface area contributed by atoms with Crippen molar-refractivity contribution in [1.29, 1.82) is 0 Å². The molecule has 0 bridgehead atoms. The number of nitrogens with zero attached hydrogens (tertiary/aromatic N) is 1. The maximum absolute atomic E-state index is 10.1. The summed E-state index contributed by atoms with van der Waals surface area (Å²) in [7, 11) is 2.15. The van der Waals surface area contributed by atoms with E-state index in [1.54, 1.807) is 0 Å². The van der Waals surface area contributed by atoms with Crippen molar-refractivity contribution in [2.45, 2.75) is 31.4 Å². The molecule has 1 N–H and O–H groups in total. The van der Waals surface area contributed by atoms with Crippen molar-refractivity contribution in [1.82, 2.24) is 4.90 Å². The van der Waals surface area contributed by atoms with Gasteiger partial charge in [-0.25, -0.2) is 0 Å². The third-order valence-corrected chi connectivity index (χ3v) is 3.35. The topological polar surface area (TPSA) is 23.5 Å². The van der Waals surface area contributed by atoms with Crippen LogP contribution < -0.4 is 0 Å². The summed E-state index contributed by atoms with van der Waals surface area (Å²) in [6.07, 6.45) is 3.04. The molecule has 0 unspecified atom stereocenters. The Morgan fingerprint density at radius 3 is 2.73 bits per heavy atom. The van der Waals surface area contributed by atoms with Crippen LogP contribution in [0.15, 0.2) is 30.3 Å². The van der Waals surface area contributed by atoms with Gasteiger partial charge in [0.15, 0.2) is 0 Å². The summed E-state index contributed by atoms with van der Waals surface area (Å²) in [6, 6.07) is 10.5. The minimum Gasteiger partial charge on any atom is -0.388 e. The number of likely N-dealkylation sites (tertiary alicyclic amines) is 1. The highest BCUT2D eigenvalue weighted by Gasteiger charge is 2.23. The molecule has 0 spiro atoms. The number of rotatable bonds is 3. The summed E-state index contributed by atoms with van der Waals surface area (Å²) in [5.41, 5.74) is 1.04. The van der Waals surface area contributed by atoms with Crippen molar-refractivity contribution in [3.63, 3.8) is 0 Å². The monoisotopic (exact) mass is 205 g/mol. The van der Waals surface area contributed by atoms with Crippen molar-refractivity contribution in [2.24, 2.45) is 0 Å². The average Bonchev–Trinajstić information content (AvgIpc) is 2.66. The predicted molar refractivity (Wildman–Crippen MR) is 61.7 cm³/mol. The lowest BCUT2D eigenvalue weighted by Crippen LogP contribution is -2.26. The number of aliphatic hydroxyl groups is 1. The van der Waals surface area contributed by atoms with E-state index in [9.17, 15) is 5.11 Å². The van der Waals surface area contributed by atoms with Crippen LogP contribution in [0.25, 0.3) is 0 Å². The zero-order valence-corrected chi connectivity index (χ0v) is 9.26. The largest absolute Gasteiger partial charge is 0.388 e. The van der Waals surface area contributed by atoms with E-state index in [-0.39, 0.29) is 6.10 Å². The summed E-state index contributed by atoms with van der Waals surface area (Å²) in [4.78, 5) is 2.35. The zero-order chi connectivity index (χ0) is 10.7. The van der Waals surface area contributed by atoms with E-state index in [0.717, 1.165) is 12.0 Å². The first-order valence-electron chi connectivity index (χ1n) is 5.70. The van der Waals surface area contributed by atoms with Gasteiger partial charge in [0.25, 0.3) is 0 Å². The normalized spacial score (nSPS) is 24.3. The minimum absolute atomic E-state index is 0.309. The third-order valence-electron chi connectivity index (χ3n) is 3.35. The fourth-order valence-corrected chi connectivity index (χ4v) is 2.35. The molecule has 2 nitrogen and oxygen atoms in total. The van der Waals surface area contributed by atoms with Crippen molar-refractivity contribution in [3.8, 4) is 0 Å². The van der Waals surface area contributed by atoms with Gasteiger partial charge in [0.1, 0.15) is 0 Å². The fourth-order valence-electron chi connectivity index (χ4n) is 2.35. The molecule has 0 radical (unpaired) electrons. The van der Waals surface area contributed by atoms with Crippen molar-refractivity contribution in [3.05, 3.63) is 35.9 Å². The molecule has 0 aromatic heterocycles. The lowest BCUT2D eigenvalue weighted by Gasteiger charge is -2.22. The Kier molecular flexibility index (Phi) is 3.39. The van der Waals surface area contributed by atoms with Crippen LogP contribution in [0, 0.1) is 0 Å². The highest BCUT2D eigenvalue weighted by Crippen LogP contribution is 2.25. The van der Waals surface area contributed by atoms with Crippen LogP contribution in [0.5, 0.6) is 0 Å². The first-order chi connectivity index (χ1) is 7.27. The second-order valence-corrected chi connectivity index (χ2v) is 4.44. The third kappa shape index (κ3) is 2.58. The summed E-state index contributed by atoms with van der Waals surface area (Å²) < 4.78 is 0. The van der Waals surface area contributed by atoms with E-state index in [2.05, 4.69) is 11.9 Å². The summed E-state index contributed by atoms with van der Waals surface area (Å²) in [5, 5.41) is 10.1. The van der Waals surface area contributed by atoms with Gasteiger partial charge in [0.2, 0.25) is 0 Å². The van der Waals surface area contributed by atoms with Gasteiger partial charge in [-0.3, -0.25) is 0 Å². The Hall–Kier alpha value is -0.860. The van der Waals surface area contributed by atoms with Gasteiger partial charge in [-0.05, 0) is 38.4 Å². The predicted octanol–water partition coefficient (Wildman–Crippen LogP) is 2.20. The van der Waals surface area contributed by atoms with Crippen molar-refractivity contribution in [2.75, 3.05) is 13.6 Å². The fraction of sp³-hybridized carbons (Fsp3) is 0.538. The van der Waals surface area contributed by atoms with Gasteiger partial charge in [-0.15, -0.1) is 0 Å². The molecule has 1 aromatic carbocycles. The molecule has 2 atom stereocenters. The Morgan fingerprint density at radius 1 is 1.40 bits per heavy atom. The highest BCUT2D eigenvalue weighted by molar-refractivity contribution is 5.17. The average molecular weight is 205 g/mol. The quantitative estimate of drug-likeness (QED) is 0.817. The van der Waals surface area contributed by atoms with Gasteiger partial charge in [-0.1, -0.05) is 30.3 Å². The van der Waals surface area contributed by atoms with Crippen LogP contribution in [0.3, 0.4) is 0 Å². The second-order valence-electron chi connectivity index (χ2n) is 4.44. The molecule has 2 rings (SSSR count). The summed E-state index contributed by atoms with van der Waals surface area (Å²) >= 11 is 0. The molecule has 0 aliphatic carbocycles. The second kappa shape index (κ2) is 4.77. The standard InChI is InChI=1S/C13H19NO/c1-14-9-5-8-12(14)10-13(15)11-6-3-2-4-7-11/h2-4,6-7,12-13,15H,5,8-10H2,1H3/t12-,13-/m1/s1. The van der Waals surface area contributed by atoms with Gasteiger partial charge < -0.3 is 10.0 Å². The SMILES string of the molecule is CN1CCC[C@@H]1C[C@@H](O)c1ccccc1. The lowest BCUT2D eigenvalue weighted by atomic mass is 10.0. The van der Waals surface area contributed by atoms with E-state index in [1.165, 1.54) is 19.4 Å². The highest BCUT2D eigenvalue weighted by atomic mass is 16.3. The maximum Gasteiger partial charge on any atom is 0.0805 e. The molecule has 0 amide bonds. The van der Waals surface area contributed by atoms with Crippen LogP contribution in [0.1, 0.15) is 30.9 Å². The van der Waals surface area contributed by atoms with Crippen LogP contribution >= 0.6 is 0 Å². The van der Waals surface area contributed by atoms with E-state index in [4.69, 9.17) is 0 Å². The Morgan fingerprint density at radius 2 is 2.13 bits per heavy atom. The first kappa shape index (κ1) is 10.7. The molecule has 1 saturated heterocycles. The van der Waals surface area contributed by atoms with Crippen LogP contribution in [0.2, 0.25) is 0 Å². The molecule has 2 heteroatoms. The van der Waals surface area contributed by atoms with E-state index in [0.29, 0.717) is 6.04 Å². The molecular weight excluding hydrogens is 186 g/mol. The van der Waals surface area contributed by atoms with Gasteiger partial charge in [-0.2, -0.15) is 0 Å². The number of hydrogen-bond acceptors (Lipinski definition) is 2. The molecule has 82 valence electrons. The maximum atomic E-state index is 10.1. The Bertz CT molecular complexity index is 299. The summed E-state index contributed by atoms with van der Waals surface area (Å²) in [6.45, 7) is 1.17. The molecule has 0 saturated carbocycles. The molecule has 1 fully saturated rings. The number of benzene rings is 1. The van der Waals surface area contributed by atoms with Crippen LogP contribution in [-0.2, 0) is 0 Å². The van der Waals surface area contributed by atoms with Gasteiger partial charge in [0, 0.05) is 6.04 Å². The van der Waals surface area contributed by atoms with Crippen molar-refractivity contribution >= 4 is 0 Å². The molecule has 1 heterocycles.